The van der Waals surface area contributed by atoms with Crippen molar-refractivity contribution in [1.29, 1.82) is 0 Å². The van der Waals surface area contributed by atoms with Crippen LogP contribution in [0.2, 0.25) is 0 Å². The zero-order valence-electron chi connectivity index (χ0n) is 26.2. The molecule has 42 heavy (non-hydrogen) atoms. The first-order chi connectivity index (χ1) is 20.3. The Balaban J connectivity index is 0.000000149. The molecule has 0 radical (unpaired) electrons. The van der Waals surface area contributed by atoms with Crippen molar-refractivity contribution in [3.8, 4) is 0 Å². The van der Waals surface area contributed by atoms with E-state index in [0.717, 1.165) is 19.3 Å². The van der Waals surface area contributed by atoms with Crippen molar-refractivity contribution in [2.75, 3.05) is 0 Å². The van der Waals surface area contributed by atoms with E-state index in [0.29, 0.717) is 11.8 Å². The fraction of sp³-hybridized carbons (Fsp3) is 0.268. The Morgan fingerprint density at radius 2 is 1.17 bits per heavy atom. The van der Waals surface area contributed by atoms with Gasteiger partial charge in [0.05, 0.1) is 0 Å². The molecule has 0 N–H and O–H groups in total. The molecule has 0 aliphatic heterocycles. The van der Waals surface area contributed by atoms with E-state index in [-0.39, 0.29) is 0 Å². The van der Waals surface area contributed by atoms with Gasteiger partial charge in [-0.05, 0) is 18.8 Å². The fourth-order valence-corrected chi connectivity index (χ4v) is 6.30. The average molecular weight is 628 g/mol. The number of aryl methyl sites for hydroxylation is 2. The predicted molar refractivity (Wildman–Crippen MR) is 181 cm³/mol. The van der Waals surface area contributed by atoms with Crippen LogP contribution in [0.1, 0.15) is 70.2 Å². The summed E-state index contributed by atoms with van der Waals surface area (Å²) >= 11 is 1.46. The molecule has 0 amide bonds. The van der Waals surface area contributed by atoms with Crippen LogP contribution in [0, 0.1) is 17.9 Å². The minimum absolute atomic E-state index is 0.669. The molecule has 0 saturated heterocycles. The number of rotatable bonds is 6. The van der Waals surface area contributed by atoms with Gasteiger partial charge in [0, 0.05) is 0 Å². The zero-order valence-corrected chi connectivity index (χ0v) is 28.6. The van der Waals surface area contributed by atoms with Crippen molar-refractivity contribution < 1.29 is 24.2 Å². The van der Waals surface area contributed by atoms with Gasteiger partial charge in [-0.25, -0.2) is 6.08 Å². The summed E-state index contributed by atoms with van der Waals surface area (Å²) in [5.74, 6) is 1.36. The molecule has 0 nitrogen and oxygen atoms in total. The average Bonchev–Trinajstić information content (AvgIpc) is 3.67. The fourth-order valence-electron chi connectivity index (χ4n) is 5.48. The summed E-state index contributed by atoms with van der Waals surface area (Å²) in [4.78, 5) is 0. The molecule has 0 spiro atoms. The maximum atomic E-state index is 3.29. The summed E-state index contributed by atoms with van der Waals surface area (Å²) < 4.78 is 1.42. The van der Waals surface area contributed by atoms with E-state index in [4.69, 9.17) is 0 Å². The van der Waals surface area contributed by atoms with Crippen LogP contribution in [0.25, 0.3) is 21.5 Å². The third kappa shape index (κ3) is 8.08. The first-order valence-corrected chi connectivity index (χ1v) is 16.6. The summed E-state index contributed by atoms with van der Waals surface area (Å²) in [6.45, 7) is 13.4. The van der Waals surface area contributed by atoms with E-state index in [2.05, 4.69) is 157 Å². The molecule has 1 aliphatic rings. The third-order valence-electron chi connectivity index (χ3n) is 8.01. The van der Waals surface area contributed by atoms with Gasteiger partial charge < -0.3 is 0 Å². The predicted octanol–water partition coefficient (Wildman–Crippen LogP) is 11.0. The number of allylic oxidation sites excluding steroid dienone is 4. The Morgan fingerprint density at radius 1 is 0.690 bits per heavy atom. The van der Waals surface area contributed by atoms with Crippen molar-refractivity contribution in [1.82, 2.24) is 0 Å². The van der Waals surface area contributed by atoms with Crippen LogP contribution in [-0.2, 0) is 37.1 Å². The van der Waals surface area contributed by atoms with Gasteiger partial charge in [0.25, 0.3) is 0 Å². The number of benzene rings is 4. The van der Waals surface area contributed by atoms with Gasteiger partial charge in [0.2, 0.25) is 0 Å². The standard InChI is InChI=1S/C17H17.C13H10.C11H17.Zr/c1-3-12-5-7-16-14(9-12)11-15-10-13(4-2)6-8-17(15)16;1-3-7-12(8-4-1)11-13-9-5-2-6-10-13;1-8(2)10-6-5-7-11(10)9(3)4;/h5-11H,3-4H2,1-2H3;1-10H;6,8-9H,7H2,1-4H3;/q-1;;-1;+2. The van der Waals surface area contributed by atoms with Crippen LogP contribution in [0.15, 0.2) is 120 Å². The Kier molecular flexibility index (Phi) is 11.7. The van der Waals surface area contributed by atoms with E-state index in [9.17, 15) is 0 Å². The third-order valence-corrected chi connectivity index (χ3v) is 9.43. The van der Waals surface area contributed by atoms with E-state index >= 15 is 0 Å². The molecular formula is C41H44Zr. The van der Waals surface area contributed by atoms with Crippen molar-refractivity contribution in [2.24, 2.45) is 11.8 Å². The van der Waals surface area contributed by atoms with Crippen LogP contribution in [0.3, 0.4) is 0 Å². The van der Waals surface area contributed by atoms with Gasteiger partial charge in [0.15, 0.2) is 0 Å². The minimum atomic E-state index is 0.669. The number of hydrogen-bond acceptors (Lipinski definition) is 0. The van der Waals surface area contributed by atoms with E-state index in [1.54, 1.807) is 5.57 Å². The molecule has 5 aromatic carbocycles. The molecule has 0 saturated carbocycles. The van der Waals surface area contributed by atoms with Gasteiger partial charge in [-0.1, -0.05) is 82.9 Å². The van der Waals surface area contributed by atoms with Crippen molar-refractivity contribution in [3.05, 3.63) is 149 Å². The molecule has 0 bridgehead atoms. The summed E-state index contributed by atoms with van der Waals surface area (Å²) in [6, 6.07) is 37.1. The molecule has 0 unspecified atom stereocenters. The first kappa shape index (κ1) is 31.9. The van der Waals surface area contributed by atoms with Crippen LogP contribution < -0.4 is 0 Å². The second-order valence-electron chi connectivity index (χ2n) is 11.6. The normalized spacial score (nSPS) is 12.5. The van der Waals surface area contributed by atoms with Gasteiger partial charge in [-0.3, -0.25) is 6.08 Å². The van der Waals surface area contributed by atoms with Gasteiger partial charge >= 0.3 is 99.2 Å². The molecule has 0 heterocycles. The molecule has 1 aliphatic carbocycles. The van der Waals surface area contributed by atoms with Crippen LogP contribution in [-0.4, -0.2) is 3.21 Å². The number of fused-ring (bicyclic) bond motifs is 3. The maximum absolute atomic E-state index is 3.29. The second kappa shape index (κ2) is 15.5. The Bertz CT molecular complexity index is 1560. The van der Waals surface area contributed by atoms with Crippen LogP contribution >= 0.6 is 0 Å². The first-order valence-electron chi connectivity index (χ1n) is 15.4. The second-order valence-corrected chi connectivity index (χ2v) is 12.8. The van der Waals surface area contributed by atoms with Gasteiger partial charge in [-0.15, -0.1) is 46.2 Å². The SMILES string of the molecule is CC(C)C1=C(C(C)C)C[C-]=C1.CCc1ccc2c(c1)[cH-]c1cc(CC)ccc12.[Zr+2]=[C](c1ccccc1)c1ccccc1. The molecular weight excluding hydrogens is 584 g/mol. The topological polar surface area (TPSA) is 0 Å². The zero-order chi connectivity index (χ0) is 30.1. The Hall–Kier alpha value is -3.02. The van der Waals surface area contributed by atoms with E-state index in [1.165, 1.54) is 76.8 Å². The Morgan fingerprint density at radius 3 is 1.55 bits per heavy atom. The van der Waals surface area contributed by atoms with Gasteiger partial charge in [-0.2, -0.15) is 11.1 Å². The monoisotopic (exact) mass is 626 g/mol. The van der Waals surface area contributed by atoms with E-state index in [1.807, 2.05) is 0 Å². The Labute approximate surface area is 268 Å². The molecule has 1 heteroatoms. The van der Waals surface area contributed by atoms with Gasteiger partial charge in [0.1, 0.15) is 0 Å². The van der Waals surface area contributed by atoms with Crippen molar-refractivity contribution in [3.63, 3.8) is 0 Å². The summed E-state index contributed by atoms with van der Waals surface area (Å²) in [5.41, 5.74) is 8.60. The summed E-state index contributed by atoms with van der Waals surface area (Å²) in [5, 5.41) is 5.54. The molecule has 0 fully saturated rings. The summed E-state index contributed by atoms with van der Waals surface area (Å²) in [6.07, 6.45) is 8.73. The van der Waals surface area contributed by atoms with Crippen LogP contribution in [0.5, 0.6) is 0 Å². The molecule has 0 atom stereocenters. The van der Waals surface area contributed by atoms with Crippen molar-refractivity contribution in [2.45, 2.75) is 60.8 Å². The molecule has 5 aromatic rings. The van der Waals surface area contributed by atoms with E-state index < -0.39 is 0 Å². The number of hydrogen-bond donors (Lipinski definition) is 0. The molecule has 0 aromatic heterocycles. The molecule has 6 rings (SSSR count). The van der Waals surface area contributed by atoms with Crippen LogP contribution in [0.4, 0.5) is 0 Å². The summed E-state index contributed by atoms with van der Waals surface area (Å²) in [7, 11) is 0. The molecule has 212 valence electrons. The quantitative estimate of drug-likeness (QED) is 0.164. The van der Waals surface area contributed by atoms with Crippen molar-refractivity contribution >= 4 is 24.8 Å².